The summed E-state index contributed by atoms with van der Waals surface area (Å²) < 4.78 is 10.8. The minimum Gasteiger partial charge on any atom is -0.497 e. The molecule has 0 aliphatic rings. The first kappa shape index (κ1) is 24.0. The molecule has 7 nitrogen and oxygen atoms in total. The second kappa shape index (κ2) is 12.4. The molecule has 0 radical (unpaired) electrons. The summed E-state index contributed by atoms with van der Waals surface area (Å²) in [7, 11) is 3.28. The van der Waals surface area contributed by atoms with Gasteiger partial charge in [-0.05, 0) is 49.7 Å². The normalized spacial score (nSPS) is 13.1. The van der Waals surface area contributed by atoms with E-state index in [9.17, 15) is 5.11 Å². The van der Waals surface area contributed by atoms with Crippen molar-refractivity contribution in [1.82, 2.24) is 15.6 Å². The van der Waals surface area contributed by atoms with Crippen molar-refractivity contribution in [3.05, 3.63) is 53.9 Å². The molecule has 0 bridgehead atoms. The van der Waals surface area contributed by atoms with Crippen molar-refractivity contribution in [2.75, 3.05) is 27.3 Å². The number of aliphatic hydroxyl groups is 1. The van der Waals surface area contributed by atoms with Crippen molar-refractivity contribution in [1.29, 1.82) is 0 Å². The van der Waals surface area contributed by atoms with E-state index in [1.165, 1.54) is 0 Å². The Bertz CT molecular complexity index is 743. The zero-order chi connectivity index (χ0) is 19.6. The smallest absolute Gasteiger partial charge is 0.191 e. The number of ether oxygens (including phenoxy) is 2. The lowest BCUT2D eigenvalue weighted by atomic mass is 10.1. The Hall–Kier alpha value is -2.07. The largest absolute Gasteiger partial charge is 0.497 e. The van der Waals surface area contributed by atoms with E-state index in [0.29, 0.717) is 12.5 Å². The molecule has 1 aromatic carbocycles. The third kappa shape index (κ3) is 6.83. The highest BCUT2D eigenvalue weighted by Gasteiger charge is 2.15. The first-order valence-electron chi connectivity index (χ1n) is 8.93. The van der Waals surface area contributed by atoms with Crippen LogP contribution in [-0.4, -0.2) is 43.4 Å². The molecule has 0 amide bonds. The van der Waals surface area contributed by atoms with E-state index >= 15 is 0 Å². The summed E-state index contributed by atoms with van der Waals surface area (Å²) in [4.78, 5) is 8.47. The van der Waals surface area contributed by atoms with Crippen LogP contribution in [0, 0.1) is 0 Å². The molecule has 28 heavy (non-hydrogen) atoms. The molecule has 3 N–H and O–H groups in total. The standard InChI is InChI=1S/C20H28N4O3.HI/c1-5-22-20(23-13-18(25)15-8-10-21-11-9-15)24-14(2)17-12-16(26-3)6-7-19(17)27-4;/h6-12,14,18,25H,5,13H2,1-4H3,(H2,22,23,24);1H. The molecule has 0 saturated carbocycles. The molecule has 2 rings (SSSR count). The summed E-state index contributed by atoms with van der Waals surface area (Å²) in [6.45, 7) is 4.96. The highest BCUT2D eigenvalue weighted by molar-refractivity contribution is 14.0. The lowest BCUT2D eigenvalue weighted by molar-refractivity contribution is 0.187. The van der Waals surface area contributed by atoms with Gasteiger partial charge in [-0.3, -0.25) is 9.98 Å². The number of halogens is 1. The molecule has 2 aromatic rings. The van der Waals surface area contributed by atoms with Gasteiger partial charge >= 0.3 is 0 Å². The summed E-state index contributed by atoms with van der Waals surface area (Å²) >= 11 is 0. The van der Waals surface area contributed by atoms with Gasteiger partial charge in [-0.1, -0.05) is 0 Å². The summed E-state index contributed by atoms with van der Waals surface area (Å²) in [6.07, 6.45) is 2.62. The Morgan fingerprint density at radius 2 is 1.89 bits per heavy atom. The van der Waals surface area contributed by atoms with Crippen LogP contribution in [0.15, 0.2) is 47.7 Å². The van der Waals surface area contributed by atoms with Crippen LogP contribution >= 0.6 is 24.0 Å². The molecule has 0 aliphatic carbocycles. The number of pyridine rings is 1. The molecule has 1 aromatic heterocycles. The van der Waals surface area contributed by atoms with E-state index in [4.69, 9.17) is 9.47 Å². The Balaban J connectivity index is 0.00000392. The van der Waals surface area contributed by atoms with Crippen LogP contribution in [0.2, 0.25) is 0 Å². The van der Waals surface area contributed by atoms with Gasteiger partial charge < -0.3 is 25.2 Å². The number of methoxy groups -OCH3 is 2. The highest BCUT2D eigenvalue weighted by atomic mass is 127. The second-order valence-corrected chi connectivity index (χ2v) is 5.99. The Labute approximate surface area is 183 Å². The van der Waals surface area contributed by atoms with E-state index in [-0.39, 0.29) is 36.6 Å². The number of aliphatic hydroxyl groups excluding tert-OH is 1. The molecule has 0 spiro atoms. The van der Waals surface area contributed by atoms with Crippen LogP contribution < -0.4 is 20.1 Å². The van der Waals surface area contributed by atoms with Gasteiger partial charge in [0, 0.05) is 24.5 Å². The molecule has 2 atom stereocenters. The number of hydrogen-bond acceptors (Lipinski definition) is 5. The lowest BCUT2D eigenvalue weighted by Crippen LogP contribution is -2.39. The van der Waals surface area contributed by atoms with Crippen LogP contribution in [0.3, 0.4) is 0 Å². The SMILES string of the molecule is CCNC(=NCC(O)c1ccncc1)NC(C)c1cc(OC)ccc1OC.I. The van der Waals surface area contributed by atoms with Crippen LogP contribution in [0.5, 0.6) is 11.5 Å². The number of hydrogen-bond donors (Lipinski definition) is 3. The summed E-state index contributed by atoms with van der Waals surface area (Å²) in [5.41, 5.74) is 1.74. The minimum atomic E-state index is -0.690. The van der Waals surface area contributed by atoms with Gasteiger partial charge in [0.15, 0.2) is 5.96 Å². The van der Waals surface area contributed by atoms with Crippen LogP contribution in [0.4, 0.5) is 0 Å². The van der Waals surface area contributed by atoms with Crippen molar-refractivity contribution >= 4 is 29.9 Å². The highest BCUT2D eigenvalue weighted by Crippen LogP contribution is 2.29. The predicted octanol–water partition coefficient (Wildman–Crippen LogP) is 3.07. The minimum absolute atomic E-state index is 0. The van der Waals surface area contributed by atoms with Crippen molar-refractivity contribution in [3.63, 3.8) is 0 Å². The van der Waals surface area contributed by atoms with Crippen LogP contribution in [0.25, 0.3) is 0 Å². The van der Waals surface area contributed by atoms with E-state index in [0.717, 1.165) is 22.6 Å². The van der Waals surface area contributed by atoms with Gasteiger partial charge in [0.2, 0.25) is 0 Å². The zero-order valence-corrected chi connectivity index (χ0v) is 19.0. The molecule has 0 saturated heterocycles. The quantitative estimate of drug-likeness (QED) is 0.294. The maximum atomic E-state index is 10.3. The summed E-state index contributed by atoms with van der Waals surface area (Å²) in [6, 6.07) is 9.16. The Kier molecular flexibility index (Phi) is 10.6. The van der Waals surface area contributed by atoms with Gasteiger partial charge in [0.25, 0.3) is 0 Å². The van der Waals surface area contributed by atoms with Crippen molar-refractivity contribution in [2.24, 2.45) is 4.99 Å². The van der Waals surface area contributed by atoms with E-state index < -0.39 is 6.10 Å². The van der Waals surface area contributed by atoms with Crippen LogP contribution in [0.1, 0.15) is 37.1 Å². The van der Waals surface area contributed by atoms with Gasteiger partial charge in [-0.2, -0.15) is 0 Å². The maximum absolute atomic E-state index is 10.3. The summed E-state index contributed by atoms with van der Waals surface area (Å²) in [5.74, 6) is 2.14. The van der Waals surface area contributed by atoms with Crippen molar-refractivity contribution in [3.8, 4) is 11.5 Å². The van der Waals surface area contributed by atoms with E-state index in [1.54, 1.807) is 38.7 Å². The number of nitrogens with zero attached hydrogens (tertiary/aromatic N) is 2. The third-order valence-corrected chi connectivity index (χ3v) is 4.11. The topological polar surface area (TPSA) is 88.0 Å². The summed E-state index contributed by atoms with van der Waals surface area (Å²) in [5, 5.41) is 16.9. The molecule has 8 heteroatoms. The number of aliphatic imine (C=N–C) groups is 1. The first-order valence-corrected chi connectivity index (χ1v) is 8.93. The third-order valence-electron chi connectivity index (χ3n) is 4.11. The second-order valence-electron chi connectivity index (χ2n) is 5.99. The molecular formula is C20H29IN4O3. The fourth-order valence-corrected chi connectivity index (χ4v) is 2.65. The van der Waals surface area contributed by atoms with Crippen molar-refractivity contribution < 1.29 is 14.6 Å². The molecule has 1 heterocycles. The molecular weight excluding hydrogens is 471 g/mol. The average Bonchev–Trinajstić information content (AvgIpc) is 2.71. The van der Waals surface area contributed by atoms with Gasteiger partial charge in [-0.15, -0.1) is 24.0 Å². The average molecular weight is 500 g/mol. The van der Waals surface area contributed by atoms with Gasteiger partial charge in [-0.25, -0.2) is 0 Å². The van der Waals surface area contributed by atoms with E-state index in [2.05, 4.69) is 20.6 Å². The molecule has 2 unspecified atom stereocenters. The van der Waals surface area contributed by atoms with Gasteiger partial charge in [0.1, 0.15) is 11.5 Å². The Morgan fingerprint density at radius 1 is 1.18 bits per heavy atom. The first-order chi connectivity index (χ1) is 13.1. The molecule has 0 fully saturated rings. The molecule has 154 valence electrons. The Morgan fingerprint density at radius 3 is 2.50 bits per heavy atom. The fourth-order valence-electron chi connectivity index (χ4n) is 2.65. The maximum Gasteiger partial charge on any atom is 0.191 e. The van der Waals surface area contributed by atoms with Crippen molar-refractivity contribution in [2.45, 2.75) is 26.0 Å². The number of guanidine groups is 1. The number of benzene rings is 1. The predicted molar refractivity (Wildman–Crippen MR) is 122 cm³/mol. The molecule has 0 aliphatic heterocycles. The number of aromatic nitrogens is 1. The number of rotatable bonds is 8. The van der Waals surface area contributed by atoms with Gasteiger partial charge in [0.05, 0.1) is 32.9 Å². The lowest BCUT2D eigenvalue weighted by Gasteiger charge is -2.21. The van der Waals surface area contributed by atoms with Crippen LogP contribution in [-0.2, 0) is 0 Å². The monoisotopic (exact) mass is 500 g/mol. The zero-order valence-electron chi connectivity index (χ0n) is 16.7. The fraction of sp³-hybridized carbons (Fsp3) is 0.400. The number of nitrogens with one attached hydrogen (secondary N) is 2. The van der Waals surface area contributed by atoms with E-state index in [1.807, 2.05) is 32.0 Å².